The molecule has 0 bridgehead atoms. The van der Waals surface area contributed by atoms with Crippen molar-refractivity contribution in [3.63, 3.8) is 0 Å². The van der Waals surface area contributed by atoms with Crippen molar-refractivity contribution < 1.29 is 22.7 Å². The topological polar surface area (TPSA) is 26.3 Å². The first-order chi connectivity index (χ1) is 5.31. The normalized spacial score (nSPS) is 12.5. The van der Waals surface area contributed by atoms with Crippen LogP contribution in [-0.4, -0.2) is 18.2 Å². The summed E-state index contributed by atoms with van der Waals surface area (Å²) in [5.74, 6) is -0.984. The summed E-state index contributed by atoms with van der Waals surface area (Å²) in [6.45, 7) is 3.11. The monoisotopic (exact) mass is 182 g/mol. The van der Waals surface area contributed by atoms with Gasteiger partial charge in [-0.05, 0) is 13.8 Å². The van der Waals surface area contributed by atoms with Crippen LogP contribution in [0.1, 0.15) is 13.8 Å². The van der Waals surface area contributed by atoms with Crippen molar-refractivity contribution >= 4 is 5.97 Å². The summed E-state index contributed by atoms with van der Waals surface area (Å²) in [7, 11) is 0. The zero-order chi connectivity index (χ0) is 9.78. The molecule has 2 nitrogen and oxygen atoms in total. The lowest BCUT2D eigenvalue weighted by atomic mass is 10.4. The highest BCUT2D eigenvalue weighted by molar-refractivity contribution is 5.82. The molecule has 0 heterocycles. The molecule has 5 heteroatoms. The molecule has 0 spiro atoms. The van der Waals surface area contributed by atoms with E-state index in [4.69, 9.17) is 0 Å². The van der Waals surface area contributed by atoms with Gasteiger partial charge in [-0.1, -0.05) is 0 Å². The van der Waals surface area contributed by atoms with Crippen molar-refractivity contribution in [2.24, 2.45) is 0 Å². The van der Waals surface area contributed by atoms with Crippen molar-refractivity contribution in [3.05, 3.63) is 12.2 Å². The fourth-order valence-electron chi connectivity index (χ4n) is 0.434. The van der Waals surface area contributed by atoms with Gasteiger partial charge in [0.25, 0.3) is 0 Å². The lowest BCUT2D eigenvalue weighted by Crippen LogP contribution is -2.10. The summed E-state index contributed by atoms with van der Waals surface area (Å²) < 4.78 is 38.8. The highest BCUT2D eigenvalue weighted by Gasteiger charge is 2.22. The number of esters is 1. The fourth-order valence-corrected chi connectivity index (χ4v) is 0.434. The van der Waals surface area contributed by atoms with Gasteiger partial charge in [0.2, 0.25) is 0 Å². The number of hydrogen-bond acceptors (Lipinski definition) is 2. The quantitative estimate of drug-likeness (QED) is 0.482. The number of carbonyl (C=O) groups excluding carboxylic acids is 1. The van der Waals surface area contributed by atoms with Crippen molar-refractivity contribution in [1.29, 1.82) is 0 Å². The van der Waals surface area contributed by atoms with E-state index in [0.717, 1.165) is 0 Å². The summed E-state index contributed by atoms with van der Waals surface area (Å²) in [4.78, 5) is 10.5. The predicted octanol–water partition coefficient (Wildman–Crippen LogP) is 2.06. The van der Waals surface area contributed by atoms with Crippen LogP contribution in [0.3, 0.4) is 0 Å². The Kier molecular flexibility index (Phi) is 3.79. The van der Waals surface area contributed by atoms with E-state index in [-0.39, 0.29) is 6.08 Å². The van der Waals surface area contributed by atoms with Gasteiger partial charge < -0.3 is 4.74 Å². The van der Waals surface area contributed by atoms with Crippen molar-refractivity contribution in [3.8, 4) is 0 Å². The molecule has 0 radical (unpaired) electrons. The van der Waals surface area contributed by atoms with Crippen LogP contribution in [0.25, 0.3) is 0 Å². The molecule has 0 saturated carbocycles. The molecule has 12 heavy (non-hydrogen) atoms. The molecule has 0 N–H and O–H groups in total. The maximum Gasteiger partial charge on any atom is 0.410 e. The Bertz CT molecular complexity index is 182. The summed E-state index contributed by atoms with van der Waals surface area (Å²) in [5.41, 5.74) is 0. The van der Waals surface area contributed by atoms with Crippen molar-refractivity contribution in [1.82, 2.24) is 0 Å². The third-order valence-electron chi connectivity index (χ3n) is 0.760. The average Bonchev–Trinajstić information content (AvgIpc) is 1.80. The minimum Gasteiger partial charge on any atom is -0.460 e. The number of allylic oxidation sites excluding steroid dienone is 1. The Morgan fingerprint density at radius 3 is 2.25 bits per heavy atom. The molecule has 0 aliphatic carbocycles. The summed E-state index contributed by atoms with van der Waals surface area (Å²) in [6.07, 6.45) is -4.66. The fraction of sp³-hybridized carbons (Fsp3) is 0.571. The molecule has 0 aliphatic rings. The maximum atomic E-state index is 11.5. The van der Waals surface area contributed by atoms with Gasteiger partial charge >= 0.3 is 12.1 Å². The second kappa shape index (κ2) is 4.13. The first-order valence-electron chi connectivity index (χ1n) is 3.28. The molecule has 0 aliphatic heterocycles. The van der Waals surface area contributed by atoms with Crippen LogP contribution in [0.4, 0.5) is 13.2 Å². The lowest BCUT2D eigenvalue weighted by Gasteiger charge is -2.04. The minimum absolute atomic E-state index is 0.155. The third-order valence-corrected chi connectivity index (χ3v) is 0.760. The predicted molar refractivity (Wildman–Crippen MR) is 36.4 cm³/mol. The van der Waals surface area contributed by atoms with Gasteiger partial charge in [-0.3, -0.25) is 0 Å². The molecule has 0 aromatic rings. The number of ether oxygens (including phenoxy) is 1. The molecule has 0 atom stereocenters. The van der Waals surface area contributed by atoms with Gasteiger partial charge in [0.05, 0.1) is 6.10 Å². The second-order valence-electron chi connectivity index (χ2n) is 2.36. The largest absolute Gasteiger partial charge is 0.460 e. The van der Waals surface area contributed by atoms with Crippen LogP contribution < -0.4 is 0 Å². The Hall–Kier alpha value is -1.00. The molecule has 0 aromatic carbocycles. The Morgan fingerprint density at radius 1 is 1.42 bits per heavy atom. The molecule has 0 unspecified atom stereocenters. The Labute approximate surface area is 68.0 Å². The van der Waals surface area contributed by atoms with E-state index in [2.05, 4.69) is 4.74 Å². The Balaban J connectivity index is 3.93. The van der Waals surface area contributed by atoms with Gasteiger partial charge in [0.15, 0.2) is 0 Å². The molecule has 0 aromatic heterocycles. The highest BCUT2D eigenvalue weighted by atomic mass is 19.4. The van der Waals surface area contributed by atoms with E-state index in [1.54, 1.807) is 13.8 Å². The number of alkyl halides is 3. The van der Waals surface area contributed by atoms with Crippen LogP contribution in [0, 0.1) is 0 Å². The molecule has 70 valence electrons. The van der Waals surface area contributed by atoms with E-state index in [1.165, 1.54) is 0 Å². The number of carbonyl (C=O) groups is 1. The van der Waals surface area contributed by atoms with Crippen molar-refractivity contribution in [2.75, 3.05) is 0 Å². The smallest absolute Gasteiger partial charge is 0.410 e. The number of halogens is 3. The van der Waals surface area contributed by atoms with Gasteiger partial charge in [-0.25, -0.2) is 4.79 Å². The average molecular weight is 182 g/mol. The first kappa shape index (κ1) is 11.0. The van der Waals surface area contributed by atoms with Crippen LogP contribution >= 0.6 is 0 Å². The standard InChI is InChI=1S/C7H9F3O2/c1-5(2)12-6(11)3-4-7(8,9)10/h3-5H,1-2H3. The van der Waals surface area contributed by atoms with Crippen LogP contribution in [-0.2, 0) is 9.53 Å². The summed E-state index contributed by atoms with van der Waals surface area (Å²) >= 11 is 0. The van der Waals surface area contributed by atoms with Crippen LogP contribution in [0.2, 0.25) is 0 Å². The number of rotatable bonds is 2. The van der Waals surface area contributed by atoms with Gasteiger partial charge in [0, 0.05) is 12.2 Å². The molecule has 0 fully saturated rings. The van der Waals surface area contributed by atoms with Gasteiger partial charge in [0.1, 0.15) is 0 Å². The maximum absolute atomic E-state index is 11.5. The lowest BCUT2D eigenvalue weighted by molar-refractivity contribution is -0.142. The second-order valence-corrected chi connectivity index (χ2v) is 2.36. The summed E-state index contributed by atoms with van der Waals surface area (Å²) in [6, 6.07) is 0. The molecule has 0 saturated heterocycles. The first-order valence-corrected chi connectivity index (χ1v) is 3.28. The van der Waals surface area contributed by atoms with E-state index < -0.39 is 18.2 Å². The molecule has 0 rings (SSSR count). The van der Waals surface area contributed by atoms with Crippen molar-refractivity contribution in [2.45, 2.75) is 26.1 Å². The summed E-state index contributed by atoms with van der Waals surface area (Å²) in [5, 5.41) is 0. The highest BCUT2D eigenvalue weighted by Crippen LogP contribution is 2.15. The van der Waals surface area contributed by atoms with Crippen LogP contribution in [0.15, 0.2) is 12.2 Å². The zero-order valence-electron chi connectivity index (χ0n) is 6.68. The van der Waals surface area contributed by atoms with Crippen LogP contribution in [0.5, 0.6) is 0 Å². The Morgan fingerprint density at radius 2 is 1.92 bits per heavy atom. The van der Waals surface area contributed by atoms with E-state index in [1.807, 2.05) is 0 Å². The van der Waals surface area contributed by atoms with Gasteiger partial charge in [-0.2, -0.15) is 13.2 Å². The third kappa shape index (κ3) is 7.11. The van der Waals surface area contributed by atoms with E-state index in [0.29, 0.717) is 6.08 Å². The number of hydrogen-bond donors (Lipinski definition) is 0. The zero-order valence-corrected chi connectivity index (χ0v) is 6.68. The van der Waals surface area contributed by atoms with Gasteiger partial charge in [-0.15, -0.1) is 0 Å². The minimum atomic E-state index is -4.46. The van der Waals surface area contributed by atoms with E-state index >= 15 is 0 Å². The molecular weight excluding hydrogens is 173 g/mol. The molecule has 0 amide bonds. The molecular formula is C7H9F3O2. The SMILES string of the molecule is CC(C)OC(=O)C=CC(F)(F)F. The van der Waals surface area contributed by atoms with E-state index in [9.17, 15) is 18.0 Å².